The van der Waals surface area contributed by atoms with E-state index in [0.29, 0.717) is 23.8 Å². The van der Waals surface area contributed by atoms with Gasteiger partial charge in [0.2, 0.25) is 5.95 Å². The minimum atomic E-state index is -0.278. The number of nitrogens with zero attached hydrogens (tertiary/aromatic N) is 3. The Morgan fingerprint density at radius 3 is 2.85 bits per heavy atom. The van der Waals surface area contributed by atoms with Crippen LogP contribution < -0.4 is 5.32 Å². The summed E-state index contributed by atoms with van der Waals surface area (Å²) in [6, 6.07) is 4.85. The summed E-state index contributed by atoms with van der Waals surface area (Å²) in [5, 5.41) is 10.6. The molecule has 0 radical (unpaired) electrons. The van der Waals surface area contributed by atoms with Crippen LogP contribution in [-0.4, -0.2) is 26.7 Å². The second kappa shape index (κ2) is 4.88. The lowest BCUT2D eigenvalue weighted by Crippen LogP contribution is -2.03. The highest BCUT2D eigenvalue weighted by Gasteiger charge is 2.12. The van der Waals surface area contributed by atoms with Gasteiger partial charge in [-0.05, 0) is 37.6 Å². The molecule has 6 heteroatoms. The molecule has 0 aliphatic carbocycles. The molecule has 2 N–H and O–H groups in total. The molecule has 3 rings (SSSR count). The maximum Gasteiger partial charge on any atom is 0.225 e. The zero-order chi connectivity index (χ0) is 14.1. The molecule has 0 atom stereocenters. The smallest absolute Gasteiger partial charge is 0.225 e. The van der Waals surface area contributed by atoms with Crippen molar-refractivity contribution in [2.45, 2.75) is 13.8 Å². The van der Waals surface area contributed by atoms with Crippen LogP contribution in [0.25, 0.3) is 22.3 Å². The van der Waals surface area contributed by atoms with Gasteiger partial charge in [0, 0.05) is 12.1 Å². The number of hydrogen-bond donors (Lipinski definition) is 2. The Morgan fingerprint density at radius 1 is 1.25 bits per heavy atom. The van der Waals surface area contributed by atoms with Gasteiger partial charge in [-0.25, -0.2) is 9.37 Å². The van der Waals surface area contributed by atoms with Gasteiger partial charge >= 0.3 is 0 Å². The maximum absolute atomic E-state index is 13.6. The van der Waals surface area contributed by atoms with Crippen LogP contribution in [0.5, 0.6) is 0 Å². The van der Waals surface area contributed by atoms with Crippen LogP contribution in [0.4, 0.5) is 10.3 Å². The summed E-state index contributed by atoms with van der Waals surface area (Å²) >= 11 is 0. The average Bonchev–Trinajstić information content (AvgIpc) is 2.85. The summed E-state index contributed by atoms with van der Waals surface area (Å²) in [5.74, 6) is 0.224. The number of H-pyrrole nitrogens is 1. The standard InChI is InChI=1S/C14H14FN5/c1-3-16-14-18-12(11-7-17-20-13(11)19-14)9-4-8(2)5-10(15)6-9/h4-7H,3H2,1-2H3,(H2,16,17,18,19,20). The number of nitrogens with one attached hydrogen (secondary N) is 2. The Hall–Kier alpha value is -2.50. The monoisotopic (exact) mass is 271 g/mol. The van der Waals surface area contributed by atoms with Crippen molar-refractivity contribution >= 4 is 17.0 Å². The van der Waals surface area contributed by atoms with Crippen LogP contribution in [0.15, 0.2) is 24.4 Å². The highest BCUT2D eigenvalue weighted by atomic mass is 19.1. The van der Waals surface area contributed by atoms with Crippen LogP contribution >= 0.6 is 0 Å². The van der Waals surface area contributed by atoms with Crippen LogP contribution in [0, 0.1) is 12.7 Å². The highest BCUT2D eigenvalue weighted by Crippen LogP contribution is 2.27. The van der Waals surface area contributed by atoms with E-state index in [1.807, 2.05) is 19.9 Å². The third kappa shape index (κ3) is 2.20. The summed E-state index contributed by atoms with van der Waals surface area (Å²) < 4.78 is 13.6. The third-order valence-corrected chi connectivity index (χ3v) is 2.96. The molecule has 0 saturated carbocycles. The van der Waals surface area contributed by atoms with Crippen molar-refractivity contribution in [3.63, 3.8) is 0 Å². The van der Waals surface area contributed by atoms with E-state index in [4.69, 9.17) is 0 Å². The zero-order valence-electron chi connectivity index (χ0n) is 11.2. The summed E-state index contributed by atoms with van der Waals surface area (Å²) in [5.41, 5.74) is 2.87. The van der Waals surface area contributed by atoms with Gasteiger partial charge in [-0.1, -0.05) is 0 Å². The van der Waals surface area contributed by atoms with Gasteiger partial charge in [0.25, 0.3) is 0 Å². The number of anilines is 1. The lowest BCUT2D eigenvalue weighted by molar-refractivity contribution is 0.627. The molecule has 20 heavy (non-hydrogen) atoms. The third-order valence-electron chi connectivity index (χ3n) is 2.96. The predicted octanol–water partition coefficient (Wildman–Crippen LogP) is 2.90. The van der Waals surface area contributed by atoms with Crippen molar-refractivity contribution < 1.29 is 4.39 Å². The summed E-state index contributed by atoms with van der Waals surface area (Å²) in [6.45, 7) is 4.53. The van der Waals surface area contributed by atoms with Crippen molar-refractivity contribution in [2.75, 3.05) is 11.9 Å². The first-order valence-electron chi connectivity index (χ1n) is 6.40. The summed E-state index contributed by atoms with van der Waals surface area (Å²) in [4.78, 5) is 8.79. The van der Waals surface area contributed by atoms with Gasteiger partial charge in [0.05, 0.1) is 17.3 Å². The zero-order valence-corrected chi connectivity index (χ0v) is 11.2. The van der Waals surface area contributed by atoms with Crippen molar-refractivity contribution in [2.24, 2.45) is 0 Å². The van der Waals surface area contributed by atoms with Crippen LogP contribution in [-0.2, 0) is 0 Å². The van der Waals surface area contributed by atoms with E-state index in [1.165, 1.54) is 12.1 Å². The van der Waals surface area contributed by atoms with Gasteiger partial charge in [-0.3, -0.25) is 5.10 Å². The number of rotatable bonds is 3. The van der Waals surface area contributed by atoms with E-state index in [9.17, 15) is 4.39 Å². The second-order valence-corrected chi connectivity index (χ2v) is 4.58. The molecule has 102 valence electrons. The predicted molar refractivity (Wildman–Crippen MR) is 76.0 cm³/mol. The highest BCUT2D eigenvalue weighted by molar-refractivity contribution is 5.90. The number of aryl methyl sites for hydroxylation is 1. The fraction of sp³-hybridized carbons (Fsp3) is 0.214. The van der Waals surface area contributed by atoms with Crippen molar-refractivity contribution in [1.29, 1.82) is 0 Å². The normalized spacial score (nSPS) is 10.9. The number of aromatic amines is 1. The van der Waals surface area contributed by atoms with E-state index in [0.717, 1.165) is 16.5 Å². The molecule has 0 bridgehead atoms. The minimum absolute atomic E-state index is 0.278. The molecule has 0 spiro atoms. The topological polar surface area (TPSA) is 66.5 Å². The first-order valence-corrected chi connectivity index (χ1v) is 6.40. The molecular weight excluding hydrogens is 257 g/mol. The maximum atomic E-state index is 13.6. The molecular formula is C14H14FN5. The molecule has 0 saturated heterocycles. The van der Waals surface area contributed by atoms with Crippen LogP contribution in [0.3, 0.4) is 0 Å². The lowest BCUT2D eigenvalue weighted by atomic mass is 10.1. The van der Waals surface area contributed by atoms with E-state index in [1.54, 1.807) is 6.20 Å². The lowest BCUT2D eigenvalue weighted by Gasteiger charge is -2.07. The van der Waals surface area contributed by atoms with Crippen molar-refractivity contribution in [3.05, 3.63) is 35.8 Å². The molecule has 2 aromatic heterocycles. The second-order valence-electron chi connectivity index (χ2n) is 4.58. The van der Waals surface area contributed by atoms with E-state index in [2.05, 4.69) is 25.5 Å². The van der Waals surface area contributed by atoms with Gasteiger partial charge in [0.15, 0.2) is 5.65 Å². The van der Waals surface area contributed by atoms with Crippen LogP contribution in [0.1, 0.15) is 12.5 Å². The Bertz CT molecular complexity index is 745. The van der Waals surface area contributed by atoms with Gasteiger partial charge < -0.3 is 5.32 Å². The molecule has 2 heterocycles. The fourth-order valence-electron chi connectivity index (χ4n) is 2.17. The molecule has 0 aliphatic heterocycles. The van der Waals surface area contributed by atoms with E-state index >= 15 is 0 Å². The van der Waals surface area contributed by atoms with Crippen molar-refractivity contribution in [1.82, 2.24) is 20.2 Å². The molecule has 0 amide bonds. The first kappa shape index (κ1) is 12.5. The van der Waals surface area contributed by atoms with Gasteiger partial charge in [0.1, 0.15) is 5.82 Å². The van der Waals surface area contributed by atoms with Gasteiger partial charge in [-0.15, -0.1) is 0 Å². The Morgan fingerprint density at radius 2 is 2.10 bits per heavy atom. The number of halogens is 1. The Labute approximate surface area is 115 Å². The first-order chi connectivity index (χ1) is 9.67. The summed E-state index contributed by atoms with van der Waals surface area (Å²) in [6.07, 6.45) is 1.65. The van der Waals surface area contributed by atoms with E-state index < -0.39 is 0 Å². The SMILES string of the molecule is CCNc1nc(-c2cc(C)cc(F)c2)c2cn[nH]c2n1. The number of fused-ring (bicyclic) bond motifs is 1. The molecule has 5 nitrogen and oxygen atoms in total. The molecule has 1 aromatic carbocycles. The average molecular weight is 271 g/mol. The molecule has 0 fully saturated rings. The number of aromatic nitrogens is 4. The quantitative estimate of drug-likeness (QED) is 0.768. The Balaban J connectivity index is 2.25. The fourth-order valence-corrected chi connectivity index (χ4v) is 2.17. The number of benzene rings is 1. The van der Waals surface area contributed by atoms with Gasteiger partial charge in [-0.2, -0.15) is 10.1 Å². The Kier molecular flexibility index (Phi) is 3.06. The molecule has 0 unspecified atom stereocenters. The number of hydrogen-bond acceptors (Lipinski definition) is 4. The largest absolute Gasteiger partial charge is 0.354 e. The van der Waals surface area contributed by atoms with Crippen molar-refractivity contribution in [3.8, 4) is 11.3 Å². The van der Waals surface area contributed by atoms with Crippen LogP contribution in [0.2, 0.25) is 0 Å². The molecule has 3 aromatic rings. The molecule has 0 aliphatic rings. The minimum Gasteiger partial charge on any atom is -0.354 e. The van der Waals surface area contributed by atoms with E-state index in [-0.39, 0.29) is 5.82 Å². The summed E-state index contributed by atoms with van der Waals surface area (Å²) in [7, 11) is 0.